The number of benzene rings is 13. The molecule has 3 aromatic heterocycles. The van der Waals surface area contributed by atoms with E-state index in [2.05, 4.69) is 271 Å². The summed E-state index contributed by atoms with van der Waals surface area (Å²) in [4.78, 5) is 16.8. The molecule has 0 spiro atoms. The quantitative estimate of drug-likeness (QED) is 0.160. The molecule has 4 nitrogen and oxygen atoms in total. The molecule has 0 atom stereocenters. The molecule has 5 heteroatoms. The topological polar surface area (TPSA) is 43.6 Å². The fourth-order valence-electron chi connectivity index (χ4n) is 12.1. The smallest absolute Gasteiger partial charge is 0.165 e. The number of hydrogen-bond acceptors (Lipinski definition) is 4. The van der Waals surface area contributed by atoms with Crippen molar-refractivity contribution in [2.45, 2.75) is 0 Å². The Labute approximate surface area is 453 Å². The lowest BCUT2D eigenvalue weighted by Gasteiger charge is -2.21. The van der Waals surface area contributed by atoms with Gasteiger partial charge < -0.3 is 4.57 Å². The van der Waals surface area contributed by atoms with Gasteiger partial charge in [0.2, 0.25) is 0 Å². The molecule has 13 aromatic carbocycles. The van der Waals surface area contributed by atoms with Gasteiger partial charge in [0, 0.05) is 58.6 Å². The van der Waals surface area contributed by atoms with Gasteiger partial charge in [-0.3, -0.25) is 0 Å². The Balaban J connectivity index is 1.06. The summed E-state index contributed by atoms with van der Waals surface area (Å²) in [6, 6.07) is 96.9. The lowest BCUT2D eigenvalue weighted by Crippen LogP contribution is -2.04. The number of thiophene rings is 1. The van der Waals surface area contributed by atoms with Crippen molar-refractivity contribution in [3.05, 3.63) is 267 Å². The normalized spacial score (nSPS) is 11.8. The van der Waals surface area contributed by atoms with Crippen molar-refractivity contribution in [2.75, 3.05) is 0 Å². The molecule has 0 saturated heterocycles. The lowest BCUT2D eigenvalue weighted by atomic mass is 9.90. The Morgan fingerprint density at radius 1 is 0.269 bits per heavy atom. The minimum absolute atomic E-state index is 0.598. The summed E-state index contributed by atoms with van der Waals surface area (Å²) in [5, 5.41) is 14.2. The van der Waals surface area contributed by atoms with Crippen molar-refractivity contribution in [1.82, 2.24) is 19.5 Å². The second kappa shape index (κ2) is 17.8. The monoisotopic (exact) mass is 1010 g/mol. The van der Waals surface area contributed by atoms with Crippen LogP contribution in [0.25, 0.3) is 158 Å². The van der Waals surface area contributed by atoms with Gasteiger partial charge in [-0.05, 0) is 120 Å². The number of fused-ring (bicyclic) bond motifs is 11. The van der Waals surface area contributed by atoms with E-state index in [1.807, 2.05) is 0 Å². The summed E-state index contributed by atoms with van der Waals surface area (Å²) >= 11 is 1.79. The summed E-state index contributed by atoms with van der Waals surface area (Å²) in [7, 11) is 0. The molecule has 0 aliphatic carbocycles. The third-order valence-electron chi connectivity index (χ3n) is 15.8. The highest BCUT2D eigenvalue weighted by Crippen LogP contribution is 2.48. The molecule has 0 fully saturated rings. The van der Waals surface area contributed by atoms with Crippen molar-refractivity contribution in [3.8, 4) is 73.2 Å². The lowest BCUT2D eigenvalue weighted by molar-refractivity contribution is 1.08. The van der Waals surface area contributed by atoms with Crippen LogP contribution in [0.4, 0.5) is 0 Å². The molecule has 0 N–H and O–H groups in total. The zero-order valence-electron chi connectivity index (χ0n) is 42.1. The third-order valence-corrected chi connectivity index (χ3v) is 17.0. The second-order valence-corrected chi connectivity index (χ2v) is 21.3. The number of nitrogens with zero attached hydrogens (tertiary/aromatic N) is 4. The van der Waals surface area contributed by atoms with Gasteiger partial charge in [0.05, 0.1) is 16.7 Å². The predicted octanol–water partition coefficient (Wildman–Crippen LogP) is 20.0. The molecule has 16 aromatic rings. The molecule has 362 valence electrons. The minimum atomic E-state index is 0.598. The largest absolute Gasteiger partial charge is 0.308 e. The van der Waals surface area contributed by atoms with Crippen LogP contribution in [0.1, 0.15) is 0 Å². The van der Waals surface area contributed by atoms with E-state index in [0.29, 0.717) is 17.5 Å². The average molecular weight is 1010 g/mol. The molecule has 0 saturated carbocycles. The van der Waals surface area contributed by atoms with Gasteiger partial charge in [-0.1, -0.05) is 212 Å². The standard InChI is InChI=1S/C73H44N4S/c1-3-17-45(18-4-1)50-26-15-27-55(40-50)71-74-72(60-31-16-30-59-57-29-13-14-32-67(57)78-70(59)60)76-73(75-71)63-44-61(54-34-33-47-21-7-8-23-49(47)39-54)69(58-37-35-53(41-62(58)63)46-19-5-2-6-20-46)77-65-38-36-48-22-11-12-28-56(48)68(65)64-42-51-24-9-10-25-52(51)43-66(64)77/h1-44H. The van der Waals surface area contributed by atoms with E-state index in [1.165, 1.54) is 58.6 Å². The first-order valence-corrected chi connectivity index (χ1v) is 27.3. The number of aromatic nitrogens is 4. The van der Waals surface area contributed by atoms with Gasteiger partial charge in [0.1, 0.15) is 0 Å². The van der Waals surface area contributed by atoms with Gasteiger partial charge in [-0.2, -0.15) is 0 Å². The summed E-state index contributed by atoms with van der Waals surface area (Å²) in [5.74, 6) is 1.83. The van der Waals surface area contributed by atoms with E-state index in [-0.39, 0.29) is 0 Å². The van der Waals surface area contributed by atoms with E-state index < -0.39 is 0 Å². The van der Waals surface area contributed by atoms with Crippen LogP contribution in [0.3, 0.4) is 0 Å². The van der Waals surface area contributed by atoms with E-state index in [0.717, 1.165) is 82.3 Å². The Morgan fingerprint density at radius 3 is 1.64 bits per heavy atom. The maximum Gasteiger partial charge on any atom is 0.165 e. The summed E-state index contributed by atoms with van der Waals surface area (Å²) in [5.41, 5.74) is 12.8. The first-order valence-electron chi connectivity index (χ1n) is 26.5. The van der Waals surface area contributed by atoms with Gasteiger partial charge in [-0.25, -0.2) is 15.0 Å². The zero-order chi connectivity index (χ0) is 51.3. The zero-order valence-corrected chi connectivity index (χ0v) is 42.9. The van der Waals surface area contributed by atoms with Crippen LogP contribution in [0, 0.1) is 0 Å². The molecule has 0 amide bonds. The van der Waals surface area contributed by atoms with Crippen molar-refractivity contribution >= 4 is 96.4 Å². The van der Waals surface area contributed by atoms with Gasteiger partial charge in [-0.15, -0.1) is 11.3 Å². The second-order valence-electron chi connectivity index (χ2n) is 20.3. The molecule has 0 radical (unpaired) electrons. The van der Waals surface area contributed by atoms with Gasteiger partial charge in [0.15, 0.2) is 17.5 Å². The van der Waals surface area contributed by atoms with E-state index in [9.17, 15) is 0 Å². The van der Waals surface area contributed by atoms with Crippen molar-refractivity contribution in [2.24, 2.45) is 0 Å². The van der Waals surface area contributed by atoms with Gasteiger partial charge >= 0.3 is 0 Å². The Kier molecular flexibility index (Phi) is 10.1. The van der Waals surface area contributed by atoms with Crippen molar-refractivity contribution in [1.29, 1.82) is 0 Å². The van der Waals surface area contributed by atoms with Crippen LogP contribution in [0.2, 0.25) is 0 Å². The highest BCUT2D eigenvalue weighted by Gasteiger charge is 2.26. The molecular formula is C73H44N4S. The fourth-order valence-corrected chi connectivity index (χ4v) is 13.3. The van der Waals surface area contributed by atoms with Crippen LogP contribution in [0.15, 0.2) is 267 Å². The van der Waals surface area contributed by atoms with Gasteiger partial charge in [0.25, 0.3) is 0 Å². The van der Waals surface area contributed by atoms with E-state index >= 15 is 0 Å². The van der Waals surface area contributed by atoms with Crippen LogP contribution in [-0.2, 0) is 0 Å². The molecule has 0 unspecified atom stereocenters. The Bertz CT molecular complexity index is 5090. The molecule has 0 aliphatic rings. The van der Waals surface area contributed by atoms with Crippen LogP contribution in [0.5, 0.6) is 0 Å². The Hall–Kier alpha value is -10.1. The van der Waals surface area contributed by atoms with Crippen molar-refractivity contribution in [3.63, 3.8) is 0 Å². The fraction of sp³-hybridized carbons (Fsp3) is 0. The molecular weight excluding hydrogens is 965 g/mol. The first kappa shape index (κ1) is 44.2. The van der Waals surface area contributed by atoms with Crippen LogP contribution >= 0.6 is 11.3 Å². The predicted molar refractivity (Wildman–Crippen MR) is 330 cm³/mol. The summed E-state index contributed by atoms with van der Waals surface area (Å²) < 4.78 is 4.92. The van der Waals surface area contributed by atoms with E-state index in [4.69, 9.17) is 15.0 Å². The summed E-state index contributed by atoms with van der Waals surface area (Å²) in [6.07, 6.45) is 0. The highest BCUT2D eigenvalue weighted by molar-refractivity contribution is 7.26. The summed E-state index contributed by atoms with van der Waals surface area (Å²) in [6.45, 7) is 0. The molecule has 16 rings (SSSR count). The molecule has 0 aliphatic heterocycles. The minimum Gasteiger partial charge on any atom is -0.308 e. The van der Waals surface area contributed by atoms with Crippen molar-refractivity contribution < 1.29 is 0 Å². The number of rotatable bonds is 7. The third kappa shape index (κ3) is 7.17. The SMILES string of the molecule is c1ccc(-c2cccc(-c3nc(-c4cc(-c5ccc6ccccc6c5)c(-n5c6cc7ccccc7cc6c6c7ccccc7ccc65)c5ccc(-c6ccccc6)cc45)nc(-c4cccc5c4sc4ccccc45)n3)c2)cc1. The van der Waals surface area contributed by atoms with E-state index in [1.54, 1.807) is 11.3 Å². The highest BCUT2D eigenvalue weighted by atomic mass is 32.1. The van der Waals surface area contributed by atoms with Crippen LogP contribution < -0.4 is 0 Å². The van der Waals surface area contributed by atoms with Crippen LogP contribution in [-0.4, -0.2) is 19.5 Å². The molecule has 78 heavy (non-hydrogen) atoms. The average Bonchev–Trinajstić information content (AvgIpc) is 4.26. The maximum atomic E-state index is 5.68. The molecule has 0 bridgehead atoms. The number of hydrogen-bond donors (Lipinski definition) is 0. The molecule has 3 heterocycles. The first-order chi connectivity index (χ1) is 38.6. The Morgan fingerprint density at radius 2 is 0.846 bits per heavy atom. The maximum absolute atomic E-state index is 5.68.